The lowest BCUT2D eigenvalue weighted by molar-refractivity contribution is 0.153. The average Bonchev–Trinajstić information content (AvgIpc) is 2.72. The lowest BCUT2D eigenvalue weighted by Gasteiger charge is -2.34. The van der Waals surface area contributed by atoms with Crippen molar-refractivity contribution in [1.29, 1.82) is 0 Å². The van der Waals surface area contributed by atoms with Crippen molar-refractivity contribution >= 4 is 0 Å². The molecule has 1 aromatic rings. The van der Waals surface area contributed by atoms with Crippen molar-refractivity contribution < 1.29 is 4.52 Å². The van der Waals surface area contributed by atoms with Crippen molar-refractivity contribution in [2.45, 2.75) is 45.7 Å². The Morgan fingerprint density at radius 2 is 2.29 bits per heavy atom. The van der Waals surface area contributed by atoms with Gasteiger partial charge in [0.15, 0.2) is 5.82 Å². The summed E-state index contributed by atoms with van der Waals surface area (Å²) >= 11 is 0. The van der Waals surface area contributed by atoms with E-state index in [1.54, 1.807) is 0 Å². The van der Waals surface area contributed by atoms with Gasteiger partial charge in [0.1, 0.15) is 0 Å². The van der Waals surface area contributed by atoms with Crippen LogP contribution in [0.2, 0.25) is 0 Å². The molecule has 2 atom stereocenters. The quantitative estimate of drug-likeness (QED) is 0.861. The fourth-order valence-electron chi connectivity index (χ4n) is 2.16. The summed E-state index contributed by atoms with van der Waals surface area (Å²) in [7, 11) is 0. The first-order valence-corrected chi connectivity index (χ1v) is 6.36. The monoisotopic (exact) mass is 238 g/mol. The van der Waals surface area contributed by atoms with E-state index in [1.807, 2.05) is 0 Å². The van der Waals surface area contributed by atoms with Crippen molar-refractivity contribution in [3.05, 3.63) is 11.7 Å². The number of likely N-dealkylation sites (tertiary alicyclic amines) is 1. The van der Waals surface area contributed by atoms with E-state index in [-0.39, 0.29) is 0 Å². The van der Waals surface area contributed by atoms with Gasteiger partial charge in [-0.15, -0.1) is 0 Å². The lowest BCUT2D eigenvalue weighted by atomic mass is 9.95. The highest BCUT2D eigenvalue weighted by molar-refractivity contribution is 4.92. The predicted molar refractivity (Wildman–Crippen MR) is 65.4 cm³/mol. The van der Waals surface area contributed by atoms with Gasteiger partial charge < -0.3 is 10.3 Å². The maximum Gasteiger partial charge on any atom is 0.229 e. The zero-order valence-corrected chi connectivity index (χ0v) is 10.9. The van der Waals surface area contributed by atoms with Gasteiger partial charge in [0, 0.05) is 25.0 Å². The molecule has 1 aliphatic heterocycles. The third-order valence-electron chi connectivity index (χ3n) is 3.40. The van der Waals surface area contributed by atoms with Crippen LogP contribution in [0.15, 0.2) is 4.52 Å². The largest absolute Gasteiger partial charge is 0.339 e. The van der Waals surface area contributed by atoms with Crippen LogP contribution in [0.3, 0.4) is 0 Å². The number of hydrogen-bond acceptors (Lipinski definition) is 5. The van der Waals surface area contributed by atoms with E-state index in [4.69, 9.17) is 10.3 Å². The van der Waals surface area contributed by atoms with Crippen LogP contribution in [0.1, 0.15) is 44.8 Å². The molecule has 0 aliphatic carbocycles. The number of aromatic nitrogens is 2. The Labute approximate surface area is 102 Å². The minimum Gasteiger partial charge on any atom is -0.339 e. The van der Waals surface area contributed by atoms with Crippen LogP contribution in [0.25, 0.3) is 0 Å². The molecular formula is C12H22N4O. The summed E-state index contributed by atoms with van der Waals surface area (Å²) in [5.74, 6) is 2.35. The minimum atomic E-state index is 0.296. The zero-order valence-electron chi connectivity index (χ0n) is 10.9. The second-order valence-electron chi connectivity index (χ2n) is 5.37. The molecule has 0 saturated carbocycles. The molecule has 2 heterocycles. The highest BCUT2D eigenvalue weighted by atomic mass is 16.5. The van der Waals surface area contributed by atoms with E-state index in [2.05, 4.69) is 35.8 Å². The SMILES string of the molecule is CC(C)c1nc(CN2CCC(N)C(C)C2)no1. The molecule has 2 N–H and O–H groups in total. The van der Waals surface area contributed by atoms with Crippen LogP contribution in [0.5, 0.6) is 0 Å². The van der Waals surface area contributed by atoms with Crippen LogP contribution < -0.4 is 5.73 Å². The molecule has 5 heteroatoms. The molecule has 1 aliphatic rings. The molecule has 2 rings (SSSR count). The van der Waals surface area contributed by atoms with Crippen molar-refractivity contribution in [2.24, 2.45) is 11.7 Å². The highest BCUT2D eigenvalue weighted by Gasteiger charge is 2.24. The second kappa shape index (κ2) is 5.14. The van der Waals surface area contributed by atoms with Gasteiger partial charge in [-0.3, -0.25) is 4.90 Å². The van der Waals surface area contributed by atoms with Crippen LogP contribution in [0, 0.1) is 5.92 Å². The number of nitrogens with zero attached hydrogens (tertiary/aromatic N) is 3. The van der Waals surface area contributed by atoms with E-state index in [1.165, 1.54) is 0 Å². The number of nitrogens with two attached hydrogens (primary N) is 1. The van der Waals surface area contributed by atoms with E-state index in [9.17, 15) is 0 Å². The molecule has 2 unspecified atom stereocenters. The topological polar surface area (TPSA) is 68.2 Å². The molecule has 0 amide bonds. The smallest absolute Gasteiger partial charge is 0.229 e. The fraction of sp³-hybridized carbons (Fsp3) is 0.833. The van der Waals surface area contributed by atoms with E-state index >= 15 is 0 Å². The molecular weight excluding hydrogens is 216 g/mol. The third kappa shape index (κ3) is 3.04. The first-order valence-electron chi connectivity index (χ1n) is 6.36. The van der Waals surface area contributed by atoms with Crippen LogP contribution >= 0.6 is 0 Å². The maximum atomic E-state index is 6.00. The Bertz CT molecular complexity index is 363. The number of rotatable bonds is 3. The van der Waals surface area contributed by atoms with Crippen LogP contribution in [-0.2, 0) is 6.54 Å². The summed E-state index contributed by atoms with van der Waals surface area (Å²) in [6, 6.07) is 0.336. The number of hydrogen-bond donors (Lipinski definition) is 1. The maximum absolute atomic E-state index is 6.00. The molecule has 0 bridgehead atoms. The van der Waals surface area contributed by atoms with Gasteiger partial charge in [0.05, 0.1) is 6.54 Å². The van der Waals surface area contributed by atoms with Gasteiger partial charge in [-0.05, 0) is 12.3 Å². The summed E-state index contributed by atoms with van der Waals surface area (Å²) in [4.78, 5) is 6.75. The summed E-state index contributed by atoms with van der Waals surface area (Å²) in [6.45, 7) is 9.13. The number of piperidine rings is 1. The van der Waals surface area contributed by atoms with Crippen molar-refractivity contribution in [3.8, 4) is 0 Å². The summed E-state index contributed by atoms with van der Waals surface area (Å²) in [5.41, 5.74) is 6.00. The average molecular weight is 238 g/mol. The Morgan fingerprint density at radius 1 is 1.53 bits per heavy atom. The molecule has 96 valence electrons. The van der Waals surface area contributed by atoms with E-state index < -0.39 is 0 Å². The van der Waals surface area contributed by atoms with Gasteiger partial charge in [0.2, 0.25) is 5.89 Å². The van der Waals surface area contributed by atoms with Crippen LogP contribution in [-0.4, -0.2) is 34.2 Å². The highest BCUT2D eigenvalue weighted by Crippen LogP contribution is 2.17. The van der Waals surface area contributed by atoms with Gasteiger partial charge in [0.25, 0.3) is 0 Å². The minimum absolute atomic E-state index is 0.296. The molecule has 1 aromatic heterocycles. The van der Waals surface area contributed by atoms with E-state index in [0.717, 1.165) is 37.8 Å². The molecule has 1 fully saturated rings. The Balaban J connectivity index is 1.92. The second-order valence-corrected chi connectivity index (χ2v) is 5.37. The molecule has 0 aromatic carbocycles. The first kappa shape index (κ1) is 12.5. The molecule has 5 nitrogen and oxygen atoms in total. The predicted octanol–water partition coefficient (Wildman–Crippen LogP) is 1.36. The Morgan fingerprint density at radius 3 is 2.88 bits per heavy atom. The summed E-state index contributed by atoms with van der Waals surface area (Å²) in [5, 5.41) is 4.02. The molecule has 17 heavy (non-hydrogen) atoms. The standard InChI is InChI=1S/C12H22N4O/c1-8(2)12-14-11(15-17-12)7-16-5-4-10(13)9(3)6-16/h8-10H,4-7,13H2,1-3H3. The molecule has 0 radical (unpaired) electrons. The molecule has 1 saturated heterocycles. The van der Waals surface area contributed by atoms with Crippen molar-refractivity contribution in [1.82, 2.24) is 15.0 Å². The van der Waals surface area contributed by atoms with Crippen molar-refractivity contribution in [2.75, 3.05) is 13.1 Å². The third-order valence-corrected chi connectivity index (χ3v) is 3.40. The lowest BCUT2D eigenvalue weighted by Crippen LogP contribution is -2.45. The van der Waals surface area contributed by atoms with Gasteiger partial charge >= 0.3 is 0 Å². The first-order chi connectivity index (χ1) is 8.06. The Hall–Kier alpha value is -0.940. The summed E-state index contributed by atoms with van der Waals surface area (Å²) < 4.78 is 5.20. The Kier molecular flexibility index (Phi) is 3.79. The van der Waals surface area contributed by atoms with E-state index in [0.29, 0.717) is 17.9 Å². The fourth-order valence-corrected chi connectivity index (χ4v) is 2.16. The normalized spacial score (nSPS) is 26.6. The summed E-state index contributed by atoms with van der Waals surface area (Å²) in [6.07, 6.45) is 1.05. The van der Waals surface area contributed by atoms with Crippen LogP contribution in [0.4, 0.5) is 0 Å². The zero-order chi connectivity index (χ0) is 12.4. The van der Waals surface area contributed by atoms with Gasteiger partial charge in [-0.1, -0.05) is 25.9 Å². The van der Waals surface area contributed by atoms with Gasteiger partial charge in [-0.2, -0.15) is 4.98 Å². The van der Waals surface area contributed by atoms with Crippen molar-refractivity contribution in [3.63, 3.8) is 0 Å². The molecule has 0 spiro atoms. The van der Waals surface area contributed by atoms with Gasteiger partial charge in [-0.25, -0.2) is 0 Å².